The molecule has 3 radical (unpaired) electrons. The van der Waals surface area contributed by atoms with Gasteiger partial charge in [0.05, 0.1) is 6.61 Å². The molecule has 1 unspecified atom stereocenters. The lowest BCUT2D eigenvalue weighted by molar-refractivity contribution is 0.170. The molecule has 47 valence electrons. The summed E-state index contributed by atoms with van der Waals surface area (Å²) >= 11 is 0. The summed E-state index contributed by atoms with van der Waals surface area (Å²) in [4.78, 5) is 0. The van der Waals surface area contributed by atoms with E-state index in [4.69, 9.17) is 7.11 Å². The molecule has 0 aromatic carbocycles. The second-order valence-corrected chi connectivity index (χ2v) is 2.53. The van der Waals surface area contributed by atoms with Crippen LogP contribution in [0, 0.1) is 18.9 Å². The molecule has 0 saturated heterocycles. The van der Waals surface area contributed by atoms with Gasteiger partial charge in [-0.25, -0.2) is 0 Å². The zero-order valence-electron chi connectivity index (χ0n) is 5.77. The third-order valence-electron chi connectivity index (χ3n) is 1.48. The van der Waals surface area contributed by atoms with Crippen molar-refractivity contribution in [2.24, 2.45) is 11.8 Å². The molecule has 0 fully saturated rings. The SMILES string of the molecule is [C]OCC(C)C(C)C. The largest absolute Gasteiger partial charge is 0.365 e. The molecule has 1 atom stereocenters. The van der Waals surface area contributed by atoms with Gasteiger partial charge in [0, 0.05) is 0 Å². The van der Waals surface area contributed by atoms with Gasteiger partial charge in [0.2, 0.25) is 0 Å². The van der Waals surface area contributed by atoms with E-state index in [2.05, 4.69) is 25.5 Å². The standard InChI is InChI=1S/C7H13O/c1-6(2)7(3)5-8-4/h6-7H,5H2,1-3H3. The predicted molar refractivity (Wildman–Crippen MR) is 33.2 cm³/mol. The van der Waals surface area contributed by atoms with Crippen LogP contribution in [0.4, 0.5) is 0 Å². The first-order valence-corrected chi connectivity index (χ1v) is 2.97. The molecule has 0 spiro atoms. The molecule has 1 heteroatoms. The Morgan fingerprint density at radius 2 is 1.88 bits per heavy atom. The molecule has 0 bridgehead atoms. The van der Waals surface area contributed by atoms with Gasteiger partial charge in [-0.1, -0.05) is 20.8 Å². The fourth-order valence-corrected chi connectivity index (χ4v) is 0.324. The molecule has 0 aromatic heterocycles. The highest BCUT2D eigenvalue weighted by Gasteiger charge is 2.04. The Kier molecular flexibility index (Phi) is 3.88. The van der Waals surface area contributed by atoms with Crippen LogP contribution >= 0.6 is 0 Å². The van der Waals surface area contributed by atoms with Crippen LogP contribution in [0.2, 0.25) is 0 Å². The summed E-state index contributed by atoms with van der Waals surface area (Å²) in [6.07, 6.45) is 0. The molecular formula is C7H13O. The van der Waals surface area contributed by atoms with Gasteiger partial charge in [-0.2, -0.15) is 0 Å². The van der Waals surface area contributed by atoms with E-state index >= 15 is 0 Å². The molecule has 0 aliphatic carbocycles. The second kappa shape index (κ2) is 3.90. The van der Waals surface area contributed by atoms with Gasteiger partial charge in [-0.15, -0.1) is 0 Å². The van der Waals surface area contributed by atoms with Gasteiger partial charge in [-0.3, -0.25) is 0 Å². The van der Waals surface area contributed by atoms with Gasteiger partial charge < -0.3 is 4.74 Å². The maximum Gasteiger partial charge on any atom is 0.173 e. The van der Waals surface area contributed by atoms with E-state index in [9.17, 15) is 0 Å². The summed E-state index contributed by atoms with van der Waals surface area (Å²) < 4.78 is 4.21. The van der Waals surface area contributed by atoms with Crippen LogP contribution in [0.15, 0.2) is 0 Å². The third-order valence-corrected chi connectivity index (χ3v) is 1.48. The summed E-state index contributed by atoms with van der Waals surface area (Å²) in [5.41, 5.74) is 0. The summed E-state index contributed by atoms with van der Waals surface area (Å²) in [5.74, 6) is 1.13. The zero-order chi connectivity index (χ0) is 6.57. The van der Waals surface area contributed by atoms with E-state index in [1.807, 2.05) is 0 Å². The summed E-state index contributed by atoms with van der Waals surface area (Å²) in [7, 11) is 6.43. The number of hydrogen-bond donors (Lipinski definition) is 0. The molecule has 0 amide bonds. The van der Waals surface area contributed by atoms with Crippen LogP contribution in [0.3, 0.4) is 0 Å². The van der Waals surface area contributed by atoms with Crippen molar-refractivity contribution in [3.05, 3.63) is 7.11 Å². The van der Waals surface area contributed by atoms with Gasteiger partial charge >= 0.3 is 0 Å². The highest BCUT2D eigenvalue weighted by Crippen LogP contribution is 2.08. The van der Waals surface area contributed by atoms with Crippen molar-refractivity contribution in [2.75, 3.05) is 6.61 Å². The number of hydrogen-bond acceptors (Lipinski definition) is 1. The Hall–Kier alpha value is -0.0400. The topological polar surface area (TPSA) is 9.23 Å². The molecule has 0 N–H and O–H groups in total. The molecule has 0 aliphatic rings. The summed E-state index contributed by atoms with van der Waals surface area (Å²) in [6.45, 7) is 6.89. The zero-order valence-corrected chi connectivity index (χ0v) is 5.77. The van der Waals surface area contributed by atoms with Gasteiger partial charge in [0.15, 0.2) is 7.11 Å². The molecule has 0 aliphatic heterocycles. The Balaban J connectivity index is 3.17. The Morgan fingerprint density at radius 3 is 2.00 bits per heavy atom. The Morgan fingerprint density at radius 1 is 1.38 bits per heavy atom. The molecule has 0 heterocycles. The van der Waals surface area contributed by atoms with Crippen LogP contribution in [0.1, 0.15) is 20.8 Å². The maximum atomic E-state index is 6.43. The first-order chi connectivity index (χ1) is 3.68. The first kappa shape index (κ1) is 7.96. The number of ether oxygens (including phenoxy) is 1. The van der Waals surface area contributed by atoms with E-state index in [0.717, 1.165) is 0 Å². The van der Waals surface area contributed by atoms with E-state index in [-0.39, 0.29) is 0 Å². The van der Waals surface area contributed by atoms with E-state index < -0.39 is 0 Å². The molecule has 0 aromatic rings. The molecular weight excluding hydrogens is 100 g/mol. The van der Waals surface area contributed by atoms with Crippen LogP contribution in [0.25, 0.3) is 0 Å². The average Bonchev–Trinajstić information content (AvgIpc) is 1.67. The number of rotatable bonds is 3. The summed E-state index contributed by atoms with van der Waals surface area (Å²) in [6, 6.07) is 0. The quantitative estimate of drug-likeness (QED) is 0.542. The normalized spacial score (nSPS) is 14.6. The van der Waals surface area contributed by atoms with Crippen molar-refractivity contribution < 1.29 is 4.74 Å². The predicted octanol–water partition coefficient (Wildman–Crippen LogP) is 1.84. The first-order valence-electron chi connectivity index (χ1n) is 2.97. The van der Waals surface area contributed by atoms with Gasteiger partial charge in [0.25, 0.3) is 0 Å². The van der Waals surface area contributed by atoms with Crippen LogP contribution in [-0.4, -0.2) is 6.61 Å². The lowest BCUT2D eigenvalue weighted by atomic mass is 10.00. The van der Waals surface area contributed by atoms with Crippen molar-refractivity contribution in [2.45, 2.75) is 20.8 Å². The minimum atomic E-state index is 0.507. The fraction of sp³-hybridized carbons (Fsp3) is 0.857. The molecule has 0 rings (SSSR count). The Bertz CT molecular complexity index is 50.3. The minimum Gasteiger partial charge on any atom is -0.365 e. The molecule has 0 saturated carbocycles. The monoisotopic (exact) mass is 113 g/mol. The average molecular weight is 113 g/mol. The fourth-order valence-electron chi connectivity index (χ4n) is 0.324. The Labute approximate surface area is 52.0 Å². The van der Waals surface area contributed by atoms with Crippen molar-refractivity contribution in [3.63, 3.8) is 0 Å². The third kappa shape index (κ3) is 3.03. The van der Waals surface area contributed by atoms with Crippen molar-refractivity contribution in [1.29, 1.82) is 0 Å². The second-order valence-electron chi connectivity index (χ2n) is 2.53. The lowest BCUT2D eigenvalue weighted by Gasteiger charge is -2.12. The minimum absolute atomic E-state index is 0.507. The maximum absolute atomic E-state index is 6.43. The van der Waals surface area contributed by atoms with E-state index in [1.165, 1.54) is 0 Å². The molecule has 8 heavy (non-hydrogen) atoms. The lowest BCUT2D eigenvalue weighted by Crippen LogP contribution is -2.09. The summed E-state index contributed by atoms with van der Waals surface area (Å²) in [5, 5.41) is 0. The van der Waals surface area contributed by atoms with Gasteiger partial charge in [0.1, 0.15) is 0 Å². The highest BCUT2D eigenvalue weighted by molar-refractivity contribution is 4.54. The highest BCUT2D eigenvalue weighted by atomic mass is 16.5. The van der Waals surface area contributed by atoms with Crippen molar-refractivity contribution in [1.82, 2.24) is 0 Å². The van der Waals surface area contributed by atoms with Crippen LogP contribution in [-0.2, 0) is 4.74 Å². The smallest absolute Gasteiger partial charge is 0.173 e. The van der Waals surface area contributed by atoms with Crippen LogP contribution in [0.5, 0.6) is 0 Å². The van der Waals surface area contributed by atoms with Crippen LogP contribution < -0.4 is 0 Å². The van der Waals surface area contributed by atoms with E-state index in [1.54, 1.807) is 0 Å². The van der Waals surface area contributed by atoms with E-state index in [0.29, 0.717) is 18.4 Å². The van der Waals surface area contributed by atoms with Crippen molar-refractivity contribution >= 4 is 0 Å². The van der Waals surface area contributed by atoms with Crippen molar-refractivity contribution in [3.8, 4) is 0 Å². The van der Waals surface area contributed by atoms with Gasteiger partial charge in [-0.05, 0) is 11.8 Å². The molecule has 1 nitrogen and oxygen atoms in total.